The number of anilines is 3. The topological polar surface area (TPSA) is 3.24 Å². The van der Waals surface area contributed by atoms with Crippen molar-refractivity contribution >= 4 is 24.6 Å². The average molecular weight is 313 g/mol. The van der Waals surface area contributed by atoms with Gasteiger partial charge in [-0.1, -0.05) is 54.6 Å². The minimum absolute atomic E-state index is 1.17. The highest BCUT2D eigenvalue weighted by molar-refractivity contribution is 6.33. The maximum Gasteiger partial charge on any atom is 0.762 e. The van der Waals surface area contributed by atoms with Gasteiger partial charge in [-0.3, -0.25) is 12.9 Å². The number of para-hydroxylation sites is 3. The second-order valence-electron chi connectivity index (χ2n) is 4.59. The van der Waals surface area contributed by atoms with E-state index in [1.165, 1.54) is 17.1 Å². The largest absolute Gasteiger partial charge is 0.762 e. The van der Waals surface area contributed by atoms with Crippen LogP contribution in [0.3, 0.4) is 0 Å². The molecule has 0 amide bonds. The normalized spacial score (nSPS) is 9.52. The van der Waals surface area contributed by atoms with Crippen molar-refractivity contribution in [3.63, 3.8) is 0 Å². The molecule has 0 saturated carbocycles. The molecule has 0 N–H and O–H groups in total. The molecule has 3 rings (SSSR count). The van der Waals surface area contributed by atoms with Gasteiger partial charge in [0.15, 0.2) is 0 Å². The van der Waals surface area contributed by atoms with Gasteiger partial charge >= 0.3 is 7.54 Å². The van der Waals surface area contributed by atoms with E-state index in [1.807, 2.05) is 18.2 Å². The lowest BCUT2D eigenvalue weighted by Crippen LogP contribution is -2.09. The Balaban J connectivity index is 0.000000433. The fourth-order valence-corrected chi connectivity index (χ4v) is 2.18. The van der Waals surface area contributed by atoms with Crippen LogP contribution in [0.4, 0.5) is 30.0 Å². The number of halogens is 3. The molecule has 0 aliphatic carbocycles. The Morgan fingerprint density at radius 3 is 0.913 bits per heavy atom. The molecular formula is C18H15BF3N. The van der Waals surface area contributed by atoms with Crippen LogP contribution in [0.2, 0.25) is 0 Å². The van der Waals surface area contributed by atoms with Gasteiger partial charge in [-0.15, -0.1) is 0 Å². The molecule has 3 aromatic rings. The summed E-state index contributed by atoms with van der Waals surface area (Å²) in [5, 5.41) is 0. The lowest BCUT2D eigenvalue weighted by atomic mass is 10.2. The van der Waals surface area contributed by atoms with Crippen LogP contribution in [-0.2, 0) is 0 Å². The molecule has 116 valence electrons. The maximum absolute atomic E-state index is 9.67. The number of nitrogens with zero attached hydrogens (tertiary/aromatic N) is 1. The lowest BCUT2D eigenvalue weighted by molar-refractivity contribution is 0.535. The Kier molecular flexibility index (Phi) is 6.30. The van der Waals surface area contributed by atoms with E-state index in [9.17, 15) is 12.9 Å². The Hall–Kier alpha value is -2.69. The zero-order chi connectivity index (χ0) is 16.5. The molecule has 23 heavy (non-hydrogen) atoms. The Labute approximate surface area is 134 Å². The molecule has 0 unspecified atom stereocenters. The predicted octanol–water partition coefficient (Wildman–Crippen LogP) is 6.04. The molecule has 5 heteroatoms. The minimum Gasteiger partial charge on any atom is -0.311 e. The van der Waals surface area contributed by atoms with Crippen LogP contribution in [0, 0.1) is 0 Å². The van der Waals surface area contributed by atoms with Crippen molar-refractivity contribution < 1.29 is 12.9 Å². The van der Waals surface area contributed by atoms with Crippen molar-refractivity contribution in [1.29, 1.82) is 0 Å². The standard InChI is InChI=1S/C18H15N.BF3/c1-4-10-16(11-5-1)19(17-12-6-2-7-13-17)18-14-8-3-9-15-18;2-1(3)4/h1-15H;. The van der Waals surface area contributed by atoms with Crippen molar-refractivity contribution in [2.45, 2.75) is 0 Å². The van der Waals surface area contributed by atoms with Gasteiger partial charge in [-0.2, -0.15) is 0 Å². The lowest BCUT2D eigenvalue weighted by Gasteiger charge is -2.25. The predicted molar refractivity (Wildman–Crippen MR) is 90.2 cm³/mol. The smallest absolute Gasteiger partial charge is 0.311 e. The van der Waals surface area contributed by atoms with E-state index >= 15 is 0 Å². The Morgan fingerprint density at radius 2 is 0.696 bits per heavy atom. The van der Waals surface area contributed by atoms with E-state index in [0.29, 0.717) is 0 Å². The molecule has 0 atom stereocenters. The summed E-state index contributed by atoms with van der Waals surface area (Å²) in [5.74, 6) is 0. The quantitative estimate of drug-likeness (QED) is 0.533. The molecular weight excluding hydrogens is 298 g/mol. The first-order valence-corrected chi connectivity index (χ1v) is 7.06. The van der Waals surface area contributed by atoms with Crippen molar-refractivity contribution in [2.24, 2.45) is 0 Å². The van der Waals surface area contributed by atoms with Crippen molar-refractivity contribution in [3.8, 4) is 0 Å². The maximum atomic E-state index is 9.67. The summed E-state index contributed by atoms with van der Waals surface area (Å²) in [6.45, 7) is 0. The Morgan fingerprint density at radius 1 is 0.478 bits per heavy atom. The summed E-state index contributed by atoms with van der Waals surface area (Å²) in [4.78, 5) is 2.25. The summed E-state index contributed by atoms with van der Waals surface area (Å²) < 4.78 is 29.0. The van der Waals surface area contributed by atoms with E-state index in [-0.39, 0.29) is 0 Å². The number of hydrogen-bond acceptors (Lipinski definition) is 1. The molecule has 0 aromatic heterocycles. The third kappa shape index (κ3) is 5.22. The first-order chi connectivity index (χ1) is 11.2. The van der Waals surface area contributed by atoms with Crippen LogP contribution in [0.5, 0.6) is 0 Å². The van der Waals surface area contributed by atoms with Gasteiger partial charge in [-0.25, -0.2) is 0 Å². The monoisotopic (exact) mass is 313 g/mol. The molecule has 0 heterocycles. The number of hydrogen-bond donors (Lipinski definition) is 0. The first-order valence-electron chi connectivity index (χ1n) is 7.06. The van der Waals surface area contributed by atoms with E-state index in [4.69, 9.17) is 0 Å². The minimum atomic E-state index is -3.67. The molecule has 0 radical (unpaired) electrons. The van der Waals surface area contributed by atoms with Gasteiger partial charge in [-0.05, 0) is 36.4 Å². The molecule has 1 nitrogen and oxygen atoms in total. The highest BCUT2D eigenvalue weighted by Gasteiger charge is 2.10. The van der Waals surface area contributed by atoms with Gasteiger partial charge in [0.05, 0.1) is 0 Å². The van der Waals surface area contributed by atoms with E-state index in [1.54, 1.807) is 0 Å². The van der Waals surface area contributed by atoms with Gasteiger partial charge in [0, 0.05) is 17.1 Å². The molecule has 3 aromatic carbocycles. The fraction of sp³-hybridized carbons (Fsp3) is 0. The van der Waals surface area contributed by atoms with Crippen LogP contribution in [-0.4, -0.2) is 7.54 Å². The van der Waals surface area contributed by atoms with Crippen molar-refractivity contribution in [3.05, 3.63) is 91.0 Å². The molecule has 0 saturated heterocycles. The second kappa shape index (κ2) is 8.68. The first kappa shape index (κ1) is 16.7. The summed E-state index contributed by atoms with van der Waals surface area (Å²) in [6, 6.07) is 31.3. The summed E-state index contributed by atoms with van der Waals surface area (Å²) in [7, 11) is -3.67. The molecule has 0 aliphatic heterocycles. The zero-order valence-electron chi connectivity index (χ0n) is 12.3. The van der Waals surface area contributed by atoms with E-state index in [0.717, 1.165) is 0 Å². The zero-order valence-corrected chi connectivity index (χ0v) is 12.3. The molecule has 0 fully saturated rings. The van der Waals surface area contributed by atoms with Crippen LogP contribution >= 0.6 is 0 Å². The summed E-state index contributed by atoms with van der Waals surface area (Å²) in [6.07, 6.45) is 0. The van der Waals surface area contributed by atoms with Gasteiger partial charge in [0.1, 0.15) is 0 Å². The second-order valence-corrected chi connectivity index (χ2v) is 4.59. The van der Waals surface area contributed by atoms with Crippen LogP contribution in [0.15, 0.2) is 91.0 Å². The van der Waals surface area contributed by atoms with Crippen LogP contribution in [0.25, 0.3) is 0 Å². The van der Waals surface area contributed by atoms with Gasteiger partial charge < -0.3 is 4.90 Å². The van der Waals surface area contributed by atoms with Crippen LogP contribution in [0.1, 0.15) is 0 Å². The Bertz CT molecular complexity index is 582. The third-order valence-corrected chi connectivity index (χ3v) is 3.04. The van der Waals surface area contributed by atoms with Crippen molar-refractivity contribution in [2.75, 3.05) is 4.90 Å². The summed E-state index contributed by atoms with van der Waals surface area (Å²) >= 11 is 0. The molecule has 0 aliphatic rings. The molecule has 0 bridgehead atoms. The van der Waals surface area contributed by atoms with Gasteiger partial charge in [0.25, 0.3) is 0 Å². The SMILES string of the molecule is FB(F)F.c1ccc(N(c2ccccc2)c2ccccc2)cc1. The van der Waals surface area contributed by atoms with Crippen molar-refractivity contribution in [1.82, 2.24) is 0 Å². The van der Waals surface area contributed by atoms with E-state index < -0.39 is 7.54 Å². The number of benzene rings is 3. The highest BCUT2D eigenvalue weighted by atomic mass is 19.4. The van der Waals surface area contributed by atoms with Crippen LogP contribution < -0.4 is 4.90 Å². The third-order valence-electron chi connectivity index (χ3n) is 3.04. The van der Waals surface area contributed by atoms with Gasteiger partial charge in [0.2, 0.25) is 0 Å². The van der Waals surface area contributed by atoms with E-state index in [2.05, 4.69) is 77.7 Å². The number of rotatable bonds is 3. The fourth-order valence-electron chi connectivity index (χ4n) is 2.18. The average Bonchev–Trinajstić information content (AvgIpc) is 2.58. The summed E-state index contributed by atoms with van der Waals surface area (Å²) in [5.41, 5.74) is 3.50. The highest BCUT2D eigenvalue weighted by Crippen LogP contribution is 2.33. The molecule has 0 spiro atoms.